The Morgan fingerprint density at radius 3 is 2.04 bits per heavy atom. The standard InChI is InChI=1S/C20H20N2O6/c1-25-16-11-15(22-20(24)18-12-27-8-9-28-18)17(26-2)10-14(16)21-19(23)13-6-4-3-5-7-13/h3-7,10-12H,8-9H2,1-2H3,(H,21,23)(H,22,24). The second-order valence-electron chi connectivity index (χ2n) is 5.73. The van der Waals surface area contributed by atoms with Gasteiger partial charge in [-0.25, -0.2) is 0 Å². The predicted octanol–water partition coefficient (Wildman–Crippen LogP) is 2.78. The molecule has 2 aromatic rings. The largest absolute Gasteiger partial charge is 0.494 e. The zero-order chi connectivity index (χ0) is 19.9. The Morgan fingerprint density at radius 2 is 1.50 bits per heavy atom. The van der Waals surface area contributed by atoms with Gasteiger partial charge < -0.3 is 29.6 Å². The number of methoxy groups -OCH3 is 2. The summed E-state index contributed by atoms with van der Waals surface area (Å²) in [5.41, 5.74) is 1.27. The van der Waals surface area contributed by atoms with Gasteiger partial charge in [0.1, 0.15) is 31.0 Å². The van der Waals surface area contributed by atoms with Crippen LogP contribution in [0.2, 0.25) is 0 Å². The molecule has 0 aromatic heterocycles. The SMILES string of the molecule is COc1cc(NC(=O)c2ccccc2)c(OC)cc1NC(=O)C1=COCCO1. The number of rotatable bonds is 6. The molecule has 8 nitrogen and oxygen atoms in total. The Kier molecular flexibility index (Phi) is 6.01. The number of benzene rings is 2. The summed E-state index contributed by atoms with van der Waals surface area (Å²) < 4.78 is 21.1. The fraction of sp³-hybridized carbons (Fsp3) is 0.200. The van der Waals surface area contributed by atoms with Crippen molar-refractivity contribution >= 4 is 23.2 Å². The summed E-state index contributed by atoms with van der Waals surface area (Å²) in [6, 6.07) is 11.9. The number of hydrogen-bond donors (Lipinski definition) is 2. The maximum absolute atomic E-state index is 12.4. The van der Waals surface area contributed by atoms with Gasteiger partial charge in [0.05, 0.1) is 25.6 Å². The van der Waals surface area contributed by atoms with E-state index in [0.29, 0.717) is 41.7 Å². The average Bonchev–Trinajstić information content (AvgIpc) is 2.75. The normalized spacial score (nSPS) is 12.7. The lowest BCUT2D eigenvalue weighted by Crippen LogP contribution is -2.21. The van der Waals surface area contributed by atoms with E-state index in [2.05, 4.69) is 10.6 Å². The molecule has 1 heterocycles. The Bertz CT molecular complexity index is 895. The molecule has 2 amide bonds. The maximum Gasteiger partial charge on any atom is 0.294 e. The molecule has 0 saturated carbocycles. The van der Waals surface area contributed by atoms with Crippen molar-refractivity contribution in [1.82, 2.24) is 0 Å². The van der Waals surface area contributed by atoms with Crippen molar-refractivity contribution in [3.63, 3.8) is 0 Å². The Labute approximate surface area is 162 Å². The van der Waals surface area contributed by atoms with Crippen LogP contribution in [0.15, 0.2) is 54.5 Å². The number of anilines is 2. The molecular formula is C20H20N2O6. The minimum absolute atomic E-state index is 0.0636. The molecule has 0 fully saturated rings. The zero-order valence-corrected chi connectivity index (χ0v) is 15.5. The number of carbonyl (C=O) groups excluding carboxylic acids is 2. The quantitative estimate of drug-likeness (QED) is 0.795. The molecule has 146 valence electrons. The average molecular weight is 384 g/mol. The first-order chi connectivity index (χ1) is 13.6. The lowest BCUT2D eigenvalue weighted by atomic mass is 10.2. The predicted molar refractivity (Wildman–Crippen MR) is 103 cm³/mol. The molecule has 0 saturated heterocycles. The van der Waals surface area contributed by atoms with E-state index in [-0.39, 0.29) is 11.7 Å². The van der Waals surface area contributed by atoms with E-state index in [0.717, 1.165) is 0 Å². The van der Waals surface area contributed by atoms with Crippen LogP contribution in [0.25, 0.3) is 0 Å². The first-order valence-electron chi connectivity index (χ1n) is 8.50. The highest BCUT2D eigenvalue weighted by Crippen LogP contribution is 2.37. The molecule has 0 atom stereocenters. The highest BCUT2D eigenvalue weighted by molar-refractivity contribution is 6.06. The van der Waals surface area contributed by atoms with Crippen molar-refractivity contribution in [2.24, 2.45) is 0 Å². The van der Waals surface area contributed by atoms with Gasteiger partial charge in [0.15, 0.2) is 0 Å². The Balaban J connectivity index is 1.84. The van der Waals surface area contributed by atoms with Crippen molar-refractivity contribution in [2.75, 3.05) is 38.1 Å². The molecule has 2 N–H and O–H groups in total. The molecule has 0 spiro atoms. The number of ether oxygens (including phenoxy) is 4. The summed E-state index contributed by atoms with van der Waals surface area (Å²) >= 11 is 0. The van der Waals surface area contributed by atoms with Crippen LogP contribution in [0.4, 0.5) is 11.4 Å². The maximum atomic E-state index is 12.4. The van der Waals surface area contributed by atoms with Gasteiger partial charge in [-0.1, -0.05) is 18.2 Å². The van der Waals surface area contributed by atoms with Gasteiger partial charge in [0.25, 0.3) is 11.8 Å². The molecule has 0 radical (unpaired) electrons. The molecule has 1 aliphatic rings. The lowest BCUT2D eigenvalue weighted by Gasteiger charge is -2.18. The van der Waals surface area contributed by atoms with Crippen LogP contribution in [-0.4, -0.2) is 39.2 Å². The third kappa shape index (κ3) is 4.35. The van der Waals surface area contributed by atoms with Crippen molar-refractivity contribution in [3.8, 4) is 11.5 Å². The summed E-state index contributed by atoms with van der Waals surface area (Å²) in [5, 5.41) is 5.47. The van der Waals surface area contributed by atoms with Gasteiger partial charge in [-0.2, -0.15) is 0 Å². The summed E-state index contributed by atoms with van der Waals surface area (Å²) in [4.78, 5) is 24.8. The van der Waals surface area contributed by atoms with Gasteiger partial charge in [-0.05, 0) is 12.1 Å². The van der Waals surface area contributed by atoms with E-state index >= 15 is 0 Å². The summed E-state index contributed by atoms with van der Waals surface area (Å²) in [5.74, 6) is -0.0180. The molecule has 28 heavy (non-hydrogen) atoms. The lowest BCUT2D eigenvalue weighted by molar-refractivity contribution is -0.117. The molecule has 1 aliphatic heterocycles. The molecule has 8 heteroatoms. The summed E-state index contributed by atoms with van der Waals surface area (Å²) in [6.45, 7) is 0.688. The summed E-state index contributed by atoms with van der Waals surface area (Å²) in [6.07, 6.45) is 1.26. The van der Waals surface area contributed by atoms with E-state index in [1.165, 1.54) is 20.5 Å². The second kappa shape index (κ2) is 8.81. The molecule has 0 unspecified atom stereocenters. The third-order valence-corrected chi connectivity index (χ3v) is 3.93. The molecule has 3 rings (SSSR count). The minimum atomic E-state index is -0.485. The second-order valence-corrected chi connectivity index (χ2v) is 5.73. The molecule has 0 aliphatic carbocycles. The van der Waals surface area contributed by atoms with Crippen LogP contribution in [0.3, 0.4) is 0 Å². The van der Waals surface area contributed by atoms with E-state index in [4.69, 9.17) is 18.9 Å². The van der Waals surface area contributed by atoms with Crippen LogP contribution in [0.5, 0.6) is 11.5 Å². The van der Waals surface area contributed by atoms with Gasteiger partial charge >= 0.3 is 0 Å². The number of amides is 2. The van der Waals surface area contributed by atoms with Crippen LogP contribution < -0.4 is 20.1 Å². The van der Waals surface area contributed by atoms with Crippen molar-refractivity contribution < 1.29 is 28.5 Å². The monoisotopic (exact) mass is 384 g/mol. The Hall–Kier alpha value is -3.68. The van der Waals surface area contributed by atoms with Crippen LogP contribution in [0.1, 0.15) is 10.4 Å². The fourth-order valence-electron chi connectivity index (χ4n) is 2.55. The summed E-state index contributed by atoms with van der Waals surface area (Å²) in [7, 11) is 2.92. The van der Waals surface area contributed by atoms with Crippen molar-refractivity contribution in [3.05, 3.63) is 60.0 Å². The molecular weight excluding hydrogens is 364 g/mol. The van der Waals surface area contributed by atoms with E-state index in [1.54, 1.807) is 36.4 Å². The highest BCUT2D eigenvalue weighted by Gasteiger charge is 2.20. The highest BCUT2D eigenvalue weighted by atomic mass is 16.6. The topological polar surface area (TPSA) is 95.1 Å². The van der Waals surface area contributed by atoms with Gasteiger partial charge in [-0.15, -0.1) is 0 Å². The van der Waals surface area contributed by atoms with Crippen LogP contribution >= 0.6 is 0 Å². The van der Waals surface area contributed by atoms with Crippen molar-refractivity contribution in [1.29, 1.82) is 0 Å². The van der Waals surface area contributed by atoms with Gasteiger partial charge in [0.2, 0.25) is 5.76 Å². The smallest absolute Gasteiger partial charge is 0.294 e. The van der Waals surface area contributed by atoms with Gasteiger partial charge in [-0.3, -0.25) is 9.59 Å². The van der Waals surface area contributed by atoms with Crippen LogP contribution in [-0.2, 0) is 14.3 Å². The Morgan fingerprint density at radius 1 is 0.893 bits per heavy atom. The fourth-order valence-corrected chi connectivity index (χ4v) is 2.55. The van der Waals surface area contributed by atoms with E-state index < -0.39 is 5.91 Å². The molecule has 2 aromatic carbocycles. The van der Waals surface area contributed by atoms with Crippen LogP contribution in [0, 0.1) is 0 Å². The van der Waals surface area contributed by atoms with E-state index in [1.807, 2.05) is 6.07 Å². The van der Waals surface area contributed by atoms with Crippen molar-refractivity contribution in [2.45, 2.75) is 0 Å². The first-order valence-corrected chi connectivity index (χ1v) is 8.50. The minimum Gasteiger partial charge on any atom is -0.494 e. The number of carbonyl (C=O) groups is 2. The van der Waals surface area contributed by atoms with E-state index in [9.17, 15) is 9.59 Å². The molecule has 0 bridgehead atoms. The first kappa shape index (κ1) is 19.1. The van der Waals surface area contributed by atoms with Gasteiger partial charge in [0, 0.05) is 17.7 Å². The number of hydrogen-bond acceptors (Lipinski definition) is 6. The number of nitrogens with one attached hydrogen (secondary N) is 2. The third-order valence-electron chi connectivity index (χ3n) is 3.93. The zero-order valence-electron chi connectivity index (χ0n) is 15.5.